The van der Waals surface area contributed by atoms with Gasteiger partial charge in [-0.1, -0.05) is 108 Å². The van der Waals surface area contributed by atoms with Gasteiger partial charge in [0.15, 0.2) is 11.9 Å². The minimum absolute atomic E-state index is 0.0131. The molecule has 57 heavy (non-hydrogen) atoms. The van der Waals surface area contributed by atoms with Crippen LogP contribution in [0.5, 0.6) is 0 Å². The molecule has 2 atom stereocenters. The second-order valence-corrected chi connectivity index (χ2v) is 15.9. The molecule has 324 valence electrons. The van der Waals surface area contributed by atoms with Crippen LogP contribution in [0.25, 0.3) is 0 Å². The fraction of sp³-hybridized carbons (Fsp3) is 0.667. The number of unbranched alkanes of at least 4 members (excludes halogenated alkanes) is 10. The van der Waals surface area contributed by atoms with Gasteiger partial charge in [-0.05, 0) is 82.4 Å². The third kappa shape index (κ3) is 28.1. The van der Waals surface area contributed by atoms with Gasteiger partial charge in [-0.3, -0.25) is 23.4 Å². The first-order valence-electron chi connectivity index (χ1n) is 21.4. The highest BCUT2D eigenvalue weighted by Gasteiger charge is 2.26. The van der Waals surface area contributed by atoms with Crippen LogP contribution in [-0.4, -0.2) is 55.1 Å². The van der Waals surface area contributed by atoms with Crippen LogP contribution in [0.4, 0.5) is 0 Å². The van der Waals surface area contributed by atoms with Gasteiger partial charge in [-0.25, -0.2) is 4.57 Å². The van der Waals surface area contributed by atoms with E-state index >= 15 is 0 Å². The van der Waals surface area contributed by atoms with Crippen molar-refractivity contribution in [2.45, 2.75) is 169 Å². The number of esters is 2. The lowest BCUT2D eigenvalue weighted by Gasteiger charge is -2.19. The number of hydrogen-bond acceptors (Lipinski definition) is 10. The molecule has 11 nitrogen and oxygen atoms in total. The predicted molar refractivity (Wildman–Crippen MR) is 228 cm³/mol. The Morgan fingerprint density at radius 1 is 0.702 bits per heavy atom. The van der Waals surface area contributed by atoms with Gasteiger partial charge in [0.1, 0.15) is 18.1 Å². The predicted octanol–water partition coefficient (Wildman–Crippen LogP) is 10.8. The monoisotopic (exact) mass is 820 g/mol. The second-order valence-electron chi connectivity index (χ2n) is 14.5. The van der Waals surface area contributed by atoms with Crippen LogP contribution in [-0.2, 0) is 50.3 Å². The van der Waals surface area contributed by atoms with Crippen molar-refractivity contribution in [3.8, 4) is 0 Å². The van der Waals surface area contributed by atoms with Gasteiger partial charge in [0.2, 0.25) is 0 Å². The van der Waals surface area contributed by atoms with Crippen molar-refractivity contribution in [3.05, 3.63) is 71.3 Å². The van der Waals surface area contributed by atoms with Gasteiger partial charge >= 0.3 is 19.8 Å². The number of ether oxygens (including phenoxy) is 2. The van der Waals surface area contributed by atoms with E-state index in [0.29, 0.717) is 6.42 Å². The largest absolute Gasteiger partial charge is 0.472 e. The standard InChI is InChI=1S/C45H74NO10P/c1-5-7-8-9-10-11-12-13-14-15-18-21-24-29-40(47)30-27-33-44(48)52-36-41(37-54-57(50,51)53-35-34-46)55-45(49)32-26-23-20-17-16-19-22-25-31-43-39(4)38(3)42(56-43)28-6-2/h10-11,13-14,18,21,24,29,41H,5-9,12,15-17,19-20,22-23,25-28,30-37,46H2,1-4H3,(H,50,51)/b11-10-,14-13-,21-18-,29-24+/t41-/m1/s1. The third-order valence-electron chi connectivity index (χ3n) is 9.37. The molecular formula is C45H74NO10P. The van der Waals surface area contributed by atoms with Crippen molar-refractivity contribution < 1.29 is 46.8 Å². The van der Waals surface area contributed by atoms with E-state index in [0.717, 1.165) is 95.0 Å². The van der Waals surface area contributed by atoms with Gasteiger partial charge in [0.25, 0.3) is 0 Å². The molecule has 1 rings (SSSR count). The summed E-state index contributed by atoms with van der Waals surface area (Å²) in [5.74, 6) is 1.04. The van der Waals surface area contributed by atoms with Gasteiger partial charge in [-0.2, -0.15) is 0 Å². The molecule has 0 spiro atoms. The number of carbonyl (C=O) groups excluding carboxylic acids is 3. The first kappa shape index (κ1) is 51.9. The van der Waals surface area contributed by atoms with Crippen molar-refractivity contribution in [2.75, 3.05) is 26.4 Å². The van der Waals surface area contributed by atoms with E-state index in [4.69, 9.17) is 28.7 Å². The molecule has 1 aromatic heterocycles. The molecule has 1 unspecified atom stereocenters. The molecule has 0 saturated heterocycles. The molecule has 0 aromatic carbocycles. The van der Waals surface area contributed by atoms with Crippen LogP contribution in [0.3, 0.4) is 0 Å². The fourth-order valence-corrected chi connectivity index (χ4v) is 6.69. The maximum Gasteiger partial charge on any atom is 0.472 e. The third-order valence-corrected chi connectivity index (χ3v) is 10.4. The summed E-state index contributed by atoms with van der Waals surface area (Å²) in [7, 11) is -4.45. The lowest BCUT2D eigenvalue weighted by Crippen LogP contribution is -2.29. The van der Waals surface area contributed by atoms with Gasteiger partial charge in [0.05, 0.1) is 13.2 Å². The number of phosphoric acid groups is 1. The van der Waals surface area contributed by atoms with Crippen LogP contribution in [0.1, 0.15) is 158 Å². The summed E-state index contributed by atoms with van der Waals surface area (Å²) in [4.78, 5) is 47.1. The summed E-state index contributed by atoms with van der Waals surface area (Å²) in [6.45, 7) is 7.61. The number of aryl methyl sites for hydroxylation is 2. The topological polar surface area (TPSA) is 165 Å². The highest BCUT2D eigenvalue weighted by molar-refractivity contribution is 7.47. The Morgan fingerprint density at radius 3 is 2.02 bits per heavy atom. The molecule has 12 heteroatoms. The highest BCUT2D eigenvalue weighted by Crippen LogP contribution is 2.43. The molecule has 0 radical (unpaired) electrons. The number of nitrogens with two attached hydrogens (primary N) is 1. The Hall–Kier alpha value is -3.08. The molecule has 3 N–H and O–H groups in total. The Balaban J connectivity index is 2.34. The Labute approximate surface area is 343 Å². The first-order chi connectivity index (χ1) is 27.5. The number of rotatable bonds is 36. The fourth-order valence-electron chi connectivity index (χ4n) is 5.93. The molecule has 1 aromatic rings. The van der Waals surface area contributed by atoms with E-state index in [2.05, 4.69) is 52.0 Å². The summed E-state index contributed by atoms with van der Waals surface area (Å²) >= 11 is 0. The van der Waals surface area contributed by atoms with Crippen LogP contribution in [0.15, 0.2) is 53.0 Å². The van der Waals surface area contributed by atoms with Crippen LogP contribution in [0, 0.1) is 13.8 Å². The van der Waals surface area contributed by atoms with Crippen LogP contribution < -0.4 is 5.73 Å². The number of hydrogen-bond donors (Lipinski definition) is 2. The average Bonchev–Trinajstić information content (AvgIpc) is 3.45. The van der Waals surface area contributed by atoms with Crippen molar-refractivity contribution in [2.24, 2.45) is 5.73 Å². The number of phosphoric ester groups is 1. The smallest absolute Gasteiger partial charge is 0.466 e. The molecule has 0 fully saturated rings. The zero-order chi connectivity index (χ0) is 42.0. The minimum Gasteiger partial charge on any atom is -0.466 e. The lowest BCUT2D eigenvalue weighted by atomic mass is 10.0. The number of ketones is 1. The van der Waals surface area contributed by atoms with E-state index in [-0.39, 0.29) is 51.2 Å². The zero-order valence-corrected chi connectivity index (χ0v) is 36.4. The van der Waals surface area contributed by atoms with Crippen molar-refractivity contribution in [1.82, 2.24) is 0 Å². The zero-order valence-electron chi connectivity index (χ0n) is 35.5. The SMILES string of the molecule is CCCCC/C=C\C/C=C\C/C=C\C=C\C(=O)CCCC(=O)OC[C@H](COP(=O)(O)OCCN)OC(=O)CCCCCCCCCCc1oc(CCC)c(C)c1C. The van der Waals surface area contributed by atoms with Crippen molar-refractivity contribution in [1.29, 1.82) is 0 Å². The molecule has 0 aliphatic rings. The molecule has 0 amide bonds. The summed E-state index contributed by atoms with van der Waals surface area (Å²) in [6.07, 6.45) is 32.8. The molecule has 1 heterocycles. The van der Waals surface area contributed by atoms with E-state index < -0.39 is 32.5 Å². The molecule has 0 aliphatic heterocycles. The summed E-state index contributed by atoms with van der Waals surface area (Å²) in [6, 6.07) is 0. The quantitative estimate of drug-likeness (QED) is 0.0165. The maximum absolute atomic E-state index is 12.6. The van der Waals surface area contributed by atoms with Gasteiger partial charge in [-0.15, -0.1) is 0 Å². The van der Waals surface area contributed by atoms with Gasteiger partial charge in [0, 0.05) is 38.6 Å². The van der Waals surface area contributed by atoms with E-state index in [1.165, 1.54) is 36.5 Å². The number of furan rings is 1. The maximum atomic E-state index is 12.6. The van der Waals surface area contributed by atoms with E-state index in [9.17, 15) is 23.8 Å². The Kier molecular flexibility index (Phi) is 30.8. The highest BCUT2D eigenvalue weighted by atomic mass is 31.2. The normalized spacial score (nSPS) is 13.6. The minimum atomic E-state index is -4.45. The Bertz CT molecular complexity index is 1410. The number of allylic oxidation sites excluding steroid dienone is 8. The van der Waals surface area contributed by atoms with Crippen molar-refractivity contribution in [3.63, 3.8) is 0 Å². The molecule has 0 bridgehead atoms. The summed E-state index contributed by atoms with van der Waals surface area (Å²) in [5, 5.41) is 0. The first-order valence-corrected chi connectivity index (χ1v) is 22.9. The molecular weight excluding hydrogens is 745 g/mol. The average molecular weight is 820 g/mol. The molecule has 0 saturated carbocycles. The number of carbonyl (C=O) groups is 3. The van der Waals surface area contributed by atoms with Crippen LogP contribution in [0.2, 0.25) is 0 Å². The van der Waals surface area contributed by atoms with E-state index in [1.807, 2.05) is 12.2 Å². The Morgan fingerprint density at radius 2 is 1.33 bits per heavy atom. The lowest BCUT2D eigenvalue weighted by molar-refractivity contribution is -0.161. The van der Waals surface area contributed by atoms with Crippen molar-refractivity contribution >= 4 is 25.5 Å². The van der Waals surface area contributed by atoms with E-state index in [1.54, 1.807) is 6.08 Å². The summed E-state index contributed by atoms with van der Waals surface area (Å²) in [5.41, 5.74) is 7.93. The summed E-state index contributed by atoms with van der Waals surface area (Å²) < 4.78 is 38.7. The molecule has 0 aliphatic carbocycles. The van der Waals surface area contributed by atoms with Gasteiger partial charge < -0.3 is 24.5 Å². The van der Waals surface area contributed by atoms with Crippen LogP contribution >= 0.6 is 7.82 Å². The second kappa shape index (κ2) is 33.8.